The van der Waals surface area contributed by atoms with E-state index in [1.165, 1.54) is 0 Å². The van der Waals surface area contributed by atoms with Crippen LogP contribution in [0, 0.1) is 0 Å². The van der Waals surface area contributed by atoms with Gasteiger partial charge in [-0.1, -0.05) is 26.0 Å². The summed E-state index contributed by atoms with van der Waals surface area (Å²) >= 11 is 0. The zero-order chi connectivity index (χ0) is 14.4. The van der Waals surface area contributed by atoms with Gasteiger partial charge in [0.2, 0.25) is 0 Å². The van der Waals surface area contributed by atoms with E-state index in [0.717, 1.165) is 36.5 Å². The highest BCUT2D eigenvalue weighted by molar-refractivity contribution is 5.29. The second-order valence-corrected chi connectivity index (χ2v) is 4.77. The first kappa shape index (κ1) is 14.5. The van der Waals surface area contributed by atoms with Crippen molar-refractivity contribution < 1.29 is 4.74 Å². The maximum absolute atomic E-state index is 5.99. The quantitative estimate of drug-likeness (QED) is 0.843. The number of hydrogen-bond donors (Lipinski definition) is 1. The van der Waals surface area contributed by atoms with Gasteiger partial charge in [0.05, 0.1) is 0 Å². The summed E-state index contributed by atoms with van der Waals surface area (Å²) < 4.78 is 7.62. The van der Waals surface area contributed by atoms with Gasteiger partial charge in [-0.15, -0.1) is 0 Å². The van der Waals surface area contributed by atoms with Gasteiger partial charge >= 0.3 is 0 Å². The minimum Gasteiger partial charge on any atom is -0.486 e. The number of benzene rings is 1. The molecule has 5 heteroatoms. The molecule has 0 bridgehead atoms. The highest BCUT2D eigenvalue weighted by Gasteiger charge is 2.06. The molecule has 0 amide bonds. The lowest BCUT2D eigenvalue weighted by atomic mass is 10.1. The van der Waals surface area contributed by atoms with Crippen LogP contribution < -0.4 is 10.5 Å². The van der Waals surface area contributed by atoms with Crippen LogP contribution >= 0.6 is 0 Å². The highest BCUT2D eigenvalue weighted by atomic mass is 16.5. The number of nitrogens with zero attached hydrogens (tertiary/aromatic N) is 3. The van der Waals surface area contributed by atoms with Crippen LogP contribution in [0.4, 0.5) is 0 Å². The molecule has 1 heterocycles. The lowest BCUT2D eigenvalue weighted by molar-refractivity contribution is 0.286. The first-order valence-corrected chi connectivity index (χ1v) is 7.09. The van der Waals surface area contributed by atoms with E-state index >= 15 is 0 Å². The fourth-order valence-electron chi connectivity index (χ4n) is 1.99. The van der Waals surface area contributed by atoms with Crippen LogP contribution in [-0.2, 0) is 13.2 Å². The third-order valence-corrected chi connectivity index (χ3v) is 3.25. The molecule has 0 aliphatic heterocycles. The summed E-state index contributed by atoms with van der Waals surface area (Å²) in [7, 11) is 0. The molecular weight excluding hydrogens is 252 g/mol. The molecule has 2 N–H and O–H groups in total. The van der Waals surface area contributed by atoms with Gasteiger partial charge in [0.1, 0.15) is 18.7 Å². The first-order valence-electron chi connectivity index (χ1n) is 7.09. The summed E-state index contributed by atoms with van der Waals surface area (Å²) in [4.78, 5) is 4.22. The van der Waals surface area contributed by atoms with Gasteiger partial charge in [-0.3, -0.25) is 0 Å². The Labute approximate surface area is 119 Å². The summed E-state index contributed by atoms with van der Waals surface area (Å²) in [5.41, 5.74) is 7.12. The van der Waals surface area contributed by atoms with Crippen LogP contribution in [-0.4, -0.2) is 14.8 Å². The molecule has 1 aromatic carbocycles. The average Bonchev–Trinajstić information content (AvgIpc) is 2.92. The molecule has 0 unspecified atom stereocenters. The normalized spacial score (nSPS) is 12.3. The van der Waals surface area contributed by atoms with Crippen molar-refractivity contribution in [3.8, 4) is 5.75 Å². The Morgan fingerprint density at radius 3 is 2.65 bits per heavy atom. The summed E-state index contributed by atoms with van der Waals surface area (Å²) in [5, 5.41) is 4.18. The predicted octanol–water partition coefficient (Wildman–Crippen LogP) is 2.68. The molecule has 5 nitrogen and oxygen atoms in total. The molecule has 1 atom stereocenters. The number of hydrogen-bond acceptors (Lipinski definition) is 4. The van der Waals surface area contributed by atoms with E-state index < -0.39 is 0 Å². The van der Waals surface area contributed by atoms with E-state index in [1.807, 2.05) is 28.9 Å². The SMILES string of the molecule is CCCn1ncnc1COc1ccc([C@H](N)CC)cc1. The van der Waals surface area contributed by atoms with Crippen LogP contribution in [0.2, 0.25) is 0 Å². The predicted molar refractivity (Wildman–Crippen MR) is 78.3 cm³/mol. The van der Waals surface area contributed by atoms with Gasteiger partial charge in [-0.25, -0.2) is 9.67 Å². The van der Waals surface area contributed by atoms with Crippen molar-refractivity contribution in [3.05, 3.63) is 42.0 Å². The fraction of sp³-hybridized carbons (Fsp3) is 0.467. The number of rotatable bonds is 7. The first-order chi connectivity index (χ1) is 9.74. The van der Waals surface area contributed by atoms with Crippen molar-refractivity contribution in [2.24, 2.45) is 5.73 Å². The number of aryl methyl sites for hydroxylation is 1. The van der Waals surface area contributed by atoms with Crippen LogP contribution in [0.3, 0.4) is 0 Å². The van der Waals surface area contributed by atoms with Gasteiger partial charge in [0.15, 0.2) is 5.82 Å². The molecule has 2 aromatic rings. The third-order valence-electron chi connectivity index (χ3n) is 3.25. The van der Waals surface area contributed by atoms with Crippen LogP contribution in [0.5, 0.6) is 5.75 Å². The molecule has 2 rings (SSSR count). The van der Waals surface area contributed by atoms with Gasteiger partial charge in [0, 0.05) is 12.6 Å². The smallest absolute Gasteiger partial charge is 0.164 e. The lowest BCUT2D eigenvalue weighted by Gasteiger charge is -2.11. The standard InChI is InChI=1S/C15H22N4O/c1-3-9-19-15(17-11-18-19)10-20-13-7-5-12(6-8-13)14(16)4-2/h5-8,11,14H,3-4,9-10,16H2,1-2H3/t14-/m1/s1. The van der Waals surface area contributed by atoms with Crippen molar-refractivity contribution in [1.29, 1.82) is 0 Å². The Hall–Kier alpha value is -1.88. The number of aromatic nitrogens is 3. The van der Waals surface area contributed by atoms with E-state index in [2.05, 4.69) is 23.9 Å². The molecule has 108 valence electrons. The zero-order valence-corrected chi connectivity index (χ0v) is 12.1. The molecule has 0 fully saturated rings. The summed E-state index contributed by atoms with van der Waals surface area (Å²) in [6.45, 7) is 5.49. The zero-order valence-electron chi connectivity index (χ0n) is 12.1. The molecule has 0 radical (unpaired) electrons. The Morgan fingerprint density at radius 2 is 2.00 bits per heavy atom. The van der Waals surface area contributed by atoms with Crippen molar-refractivity contribution in [2.75, 3.05) is 0 Å². The Balaban J connectivity index is 1.95. The summed E-state index contributed by atoms with van der Waals surface area (Å²) in [5.74, 6) is 1.67. The minimum atomic E-state index is 0.0942. The average molecular weight is 274 g/mol. The molecular formula is C15H22N4O. The monoisotopic (exact) mass is 274 g/mol. The van der Waals surface area contributed by atoms with E-state index in [-0.39, 0.29) is 6.04 Å². The fourth-order valence-corrected chi connectivity index (χ4v) is 1.99. The van der Waals surface area contributed by atoms with Gasteiger partial charge < -0.3 is 10.5 Å². The van der Waals surface area contributed by atoms with Crippen LogP contribution in [0.15, 0.2) is 30.6 Å². The molecule has 0 aliphatic carbocycles. The van der Waals surface area contributed by atoms with Gasteiger partial charge in [-0.2, -0.15) is 5.10 Å². The number of ether oxygens (including phenoxy) is 1. The summed E-state index contributed by atoms with van der Waals surface area (Å²) in [6.07, 6.45) is 3.53. The molecule has 20 heavy (non-hydrogen) atoms. The molecule has 1 aromatic heterocycles. The Kier molecular flexibility index (Phi) is 5.12. The topological polar surface area (TPSA) is 66.0 Å². The van der Waals surface area contributed by atoms with Gasteiger partial charge in [0.25, 0.3) is 0 Å². The van der Waals surface area contributed by atoms with Crippen molar-refractivity contribution in [3.63, 3.8) is 0 Å². The second kappa shape index (κ2) is 7.05. The van der Waals surface area contributed by atoms with E-state index in [1.54, 1.807) is 6.33 Å². The van der Waals surface area contributed by atoms with Crippen molar-refractivity contribution in [1.82, 2.24) is 14.8 Å². The number of nitrogens with two attached hydrogens (primary N) is 1. The minimum absolute atomic E-state index is 0.0942. The van der Waals surface area contributed by atoms with Crippen LogP contribution in [0.25, 0.3) is 0 Å². The van der Waals surface area contributed by atoms with E-state index in [0.29, 0.717) is 6.61 Å². The maximum Gasteiger partial charge on any atom is 0.164 e. The van der Waals surface area contributed by atoms with Crippen LogP contribution in [0.1, 0.15) is 44.1 Å². The van der Waals surface area contributed by atoms with Crippen molar-refractivity contribution >= 4 is 0 Å². The lowest BCUT2D eigenvalue weighted by Crippen LogP contribution is -2.09. The second-order valence-electron chi connectivity index (χ2n) is 4.77. The van der Waals surface area contributed by atoms with Gasteiger partial charge in [-0.05, 0) is 30.5 Å². The van der Waals surface area contributed by atoms with E-state index in [9.17, 15) is 0 Å². The molecule has 0 saturated heterocycles. The third kappa shape index (κ3) is 3.57. The van der Waals surface area contributed by atoms with E-state index in [4.69, 9.17) is 10.5 Å². The molecule has 0 aliphatic rings. The maximum atomic E-state index is 5.99. The Bertz CT molecular complexity index is 521. The largest absolute Gasteiger partial charge is 0.486 e. The molecule has 0 spiro atoms. The summed E-state index contributed by atoms with van der Waals surface area (Å²) in [6, 6.07) is 8.02. The highest BCUT2D eigenvalue weighted by Crippen LogP contribution is 2.18. The molecule has 0 saturated carbocycles. The Morgan fingerprint density at radius 1 is 1.25 bits per heavy atom. The van der Waals surface area contributed by atoms with Crippen molar-refractivity contribution in [2.45, 2.75) is 45.9 Å².